The average Bonchev–Trinajstić information content (AvgIpc) is 2.28. The lowest BCUT2D eigenvalue weighted by atomic mass is 10.1. The lowest BCUT2D eigenvalue weighted by molar-refractivity contribution is -0.384. The van der Waals surface area contributed by atoms with Crippen molar-refractivity contribution in [3.8, 4) is 6.07 Å². The largest absolute Gasteiger partial charge is 0.275 e. The van der Waals surface area contributed by atoms with E-state index in [1.54, 1.807) is 14.1 Å². The molecule has 0 aliphatic rings. The molecule has 0 atom stereocenters. The summed E-state index contributed by atoms with van der Waals surface area (Å²) < 4.78 is -0.00935. The van der Waals surface area contributed by atoms with Gasteiger partial charge in [-0.1, -0.05) is 0 Å². The SMILES string of the molecule is C[N+](C)(C=N)c1cc([N+](=O)[O-])ccc1C#N. The zero-order valence-corrected chi connectivity index (χ0v) is 8.97. The number of nitriles is 1. The normalized spacial score (nSPS) is 10.6. The highest BCUT2D eigenvalue weighted by atomic mass is 16.6. The van der Waals surface area contributed by atoms with E-state index in [9.17, 15) is 10.1 Å². The first-order chi connectivity index (χ1) is 7.42. The molecule has 1 rings (SSSR count). The fourth-order valence-electron chi connectivity index (χ4n) is 1.27. The fraction of sp³-hybridized carbons (Fsp3) is 0.200. The van der Waals surface area contributed by atoms with Crippen LogP contribution in [0.3, 0.4) is 0 Å². The summed E-state index contributed by atoms with van der Waals surface area (Å²) >= 11 is 0. The Morgan fingerprint density at radius 1 is 1.56 bits per heavy atom. The average molecular weight is 219 g/mol. The van der Waals surface area contributed by atoms with Crippen LogP contribution in [0.4, 0.5) is 11.4 Å². The van der Waals surface area contributed by atoms with Gasteiger partial charge in [-0.25, -0.2) is 0 Å². The highest BCUT2D eigenvalue weighted by Crippen LogP contribution is 2.27. The molecule has 1 aromatic carbocycles. The van der Waals surface area contributed by atoms with Crippen molar-refractivity contribution in [2.24, 2.45) is 0 Å². The van der Waals surface area contributed by atoms with Crippen LogP contribution in [0.5, 0.6) is 0 Å². The van der Waals surface area contributed by atoms with Crippen molar-refractivity contribution < 1.29 is 4.92 Å². The Bertz CT molecular complexity index is 488. The Balaban J connectivity index is 3.46. The minimum atomic E-state index is -0.519. The van der Waals surface area contributed by atoms with Crippen LogP contribution in [0.1, 0.15) is 5.56 Å². The van der Waals surface area contributed by atoms with E-state index in [1.165, 1.54) is 18.2 Å². The molecule has 16 heavy (non-hydrogen) atoms. The number of nitrogens with one attached hydrogen (secondary N) is 1. The van der Waals surface area contributed by atoms with Crippen molar-refractivity contribution in [3.63, 3.8) is 0 Å². The summed E-state index contributed by atoms with van der Waals surface area (Å²) in [5.41, 5.74) is 0.688. The quantitative estimate of drug-likeness (QED) is 0.275. The molecule has 0 fully saturated rings. The second kappa shape index (κ2) is 4.08. The Labute approximate surface area is 92.6 Å². The Morgan fingerprint density at radius 2 is 2.19 bits per heavy atom. The monoisotopic (exact) mass is 219 g/mol. The topological polar surface area (TPSA) is 90.8 Å². The van der Waals surface area contributed by atoms with Gasteiger partial charge >= 0.3 is 0 Å². The number of quaternary nitrogens is 1. The van der Waals surface area contributed by atoms with Crippen LogP contribution < -0.4 is 4.48 Å². The third-order valence-electron chi connectivity index (χ3n) is 2.26. The van der Waals surface area contributed by atoms with Crippen LogP contribution in [0.25, 0.3) is 0 Å². The third kappa shape index (κ3) is 2.04. The molecule has 0 amide bonds. The van der Waals surface area contributed by atoms with Crippen molar-refractivity contribution in [1.29, 1.82) is 10.7 Å². The predicted octanol–water partition coefficient (Wildman–Crippen LogP) is 1.64. The first kappa shape index (κ1) is 11.8. The molecule has 1 aromatic rings. The van der Waals surface area contributed by atoms with Crippen molar-refractivity contribution in [2.75, 3.05) is 14.1 Å². The van der Waals surface area contributed by atoms with Crippen LogP contribution in [-0.2, 0) is 0 Å². The molecular weight excluding hydrogens is 208 g/mol. The van der Waals surface area contributed by atoms with E-state index in [4.69, 9.17) is 10.7 Å². The number of rotatable bonds is 3. The molecule has 6 nitrogen and oxygen atoms in total. The number of nitrogens with zero attached hydrogens (tertiary/aromatic N) is 3. The number of benzene rings is 1. The molecular formula is C10H11N4O2+. The highest BCUT2D eigenvalue weighted by Gasteiger charge is 2.24. The summed E-state index contributed by atoms with van der Waals surface area (Å²) in [6, 6.07) is 5.97. The number of hydrogen-bond donors (Lipinski definition) is 1. The molecule has 0 saturated heterocycles. The summed E-state index contributed by atoms with van der Waals surface area (Å²) in [5, 5.41) is 26.8. The van der Waals surface area contributed by atoms with Crippen LogP contribution in [0, 0.1) is 26.9 Å². The molecule has 1 N–H and O–H groups in total. The van der Waals surface area contributed by atoms with Gasteiger partial charge in [0.05, 0.1) is 25.1 Å². The molecule has 0 aliphatic heterocycles. The van der Waals surface area contributed by atoms with Gasteiger partial charge in [-0.15, -0.1) is 0 Å². The van der Waals surface area contributed by atoms with Gasteiger partial charge in [-0.2, -0.15) is 5.26 Å². The van der Waals surface area contributed by atoms with Crippen LogP contribution in [-0.4, -0.2) is 25.4 Å². The molecule has 0 radical (unpaired) electrons. The zero-order chi connectivity index (χ0) is 12.3. The first-order valence-electron chi connectivity index (χ1n) is 4.47. The first-order valence-corrected chi connectivity index (χ1v) is 4.47. The standard InChI is InChI=1S/C10H11N4O2/c1-14(2,7-12)10-5-9(13(15)16)4-3-8(10)6-11/h3-5,7,12H,1-2H3/q+1. The van der Waals surface area contributed by atoms with E-state index in [0.717, 1.165) is 6.34 Å². The van der Waals surface area contributed by atoms with E-state index < -0.39 is 4.92 Å². The maximum Gasteiger partial charge on any atom is 0.275 e. The van der Waals surface area contributed by atoms with E-state index in [-0.39, 0.29) is 10.2 Å². The van der Waals surface area contributed by atoms with Crippen molar-refractivity contribution in [1.82, 2.24) is 4.48 Å². The Hall–Kier alpha value is -2.26. The number of non-ortho nitro benzene ring substituents is 1. The van der Waals surface area contributed by atoms with Crippen molar-refractivity contribution >= 4 is 17.7 Å². The molecule has 0 spiro atoms. The Kier molecular flexibility index (Phi) is 3.01. The maximum atomic E-state index is 10.6. The smallest absolute Gasteiger partial charge is 0.258 e. The van der Waals surface area contributed by atoms with Crippen LogP contribution >= 0.6 is 0 Å². The summed E-state index contributed by atoms with van der Waals surface area (Å²) in [7, 11) is 3.35. The fourth-order valence-corrected chi connectivity index (χ4v) is 1.27. The van der Waals surface area contributed by atoms with Gasteiger partial charge < -0.3 is 0 Å². The third-order valence-corrected chi connectivity index (χ3v) is 2.26. The molecule has 0 unspecified atom stereocenters. The summed E-state index contributed by atoms with van der Waals surface area (Å²) in [4.78, 5) is 10.1. The minimum absolute atomic E-state index is 0.00935. The molecule has 0 saturated carbocycles. The van der Waals surface area contributed by atoms with E-state index in [0.29, 0.717) is 11.3 Å². The van der Waals surface area contributed by atoms with Gasteiger partial charge in [0, 0.05) is 6.07 Å². The number of hydrogen-bond acceptors (Lipinski definition) is 4. The molecule has 0 heterocycles. The second-order valence-electron chi connectivity index (χ2n) is 3.74. The van der Waals surface area contributed by atoms with Gasteiger partial charge in [0.2, 0.25) is 0 Å². The second-order valence-corrected chi connectivity index (χ2v) is 3.74. The summed E-state index contributed by atoms with van der Waals surface area (Å²) in [6.45, 7) is 0. The van der Waals surface area contributed by atoms with Gasteiger partial charge in [-0.3, -0.25) is 20.0 Å². The summed E-state index contributed by atoms with van der Waals surface area (Å²) in [5.74, 6) is 0. The maximum absolute atomic E-state index is 10.6. The molecule has 0 aliphatic carbocycles. The molecule has 0 aromatic heterocycles. The predicted molar refractivity (Wildman–Crippen MR) is 60.2 cm³/mol. The van der Waals surface area contributed by atoms with Crippen LogP contribution in [0.2, 0.25) is 0 Å². The highest BCUT2D eigenvalue weighted by molar-refractivity contribution is 5.75. The van der Waals surface area contributed by atoms with Crippen molar-refractivity contribution in [3.05, 3.63) is 33.9 Å². The zero-order valence-electron chi connectivity index (χ0n) is 8.97. The van der Waals surface area contributed by atoms with Crippen LogP contribution in [0.15, 0.2) is 18.2 Å². The van der Waals surface area contributed by atoms with E-state index in [1.807, 2.05) is 6.07 Å². The molecule has 0 bridgehead atoms. The number of nitro groups is 1. The van der Waals surface area contributed by atoms with E-state index in [2.05, 4.69) is 0 Å². The van der Waals surface area contributed by atoms with Crippen molar-refractivity contribution in [2.45, 2.75) is 0 Å². The number of nitro benzene ring substituents is 1. The lowest BCUT2D eigenvalue weighted by Gasteiger charge is -2.22. The minimum Gasteiger partial charge on any atom is -0.258 e. The van der Waals surface area contributed by atoms with Gasteiger partial charge in [0.15, 0.2) is 12.0 Å². The van der Waals surface area contributed by atoms with E-state index >= 15 is 0 Å². The van der Waals surface area contributed by atoms with Gasteiger partial charge in [-0.05, 0) is 6.07 Å². The molecule has 6 heteroatoms. The van der Waals surface area contributed by atoms with Gasteiger partial charge in [0.1, 0.15) is 11.6 Å². The van der Waals surface area contributed by atoms with Gasteiger partial charge in [0.25, 0.3) is 5.69 Å². The Morgan fingerprint density at radius 3 is 2.62 bits per heavy atom. The molecule has 82 valence electrons. The summed E-state index contributed by atoms with van der Waals surface area (Å²) in [6.07, 6.45) is 1.11. The lowest BCUT2D eigenvalue weighted by Crippen LogP contribution is -2.38.